The molecule has 0 bridgehead atoms. The molecule has 1 aromatic carbocycles. The van der Waals surface area contributed by atoms with E-state index < -0.39 is 29.7 Å². The first-order valence-electron chi connectivity index (χ1n) is 9.73. The highest BCUT2D eigenvalue weighted by atomic mass is 32.1. The van der Waals surface area contributed by atoms with Gasteiger partial charge < -0.3 is 19.6 Å². The molecular formula is C22H26N2O6S. The highest BCUT2D eigenvalue weighted by Gasteiger charge is 2.26. The molecule has 31 heavy (non-hydrogen) atoms. The van der Waals surface area contributed by atoms with Gasteiger partial charge in [0.05, 0.1) is 6.42 Å². The highest BCUT2D eigenvalue weighted by Crippen LogP contribution is 2.10. The van der Waals surface area contributed by atoms with Gasteiger partial charge in [-0.15, -0.1) is 0 Å². The molecule has 166 valence electrons. The molecule has 0 fully saturated rings. The molecule has 2 rings (SSSR count). The summed E-state index contributed by atoms with van der Waals surface area (Å²) in [4.78, 5) is 42.1. The molecule has 0 unspecified atom stereocenters. The van der Waals surface area contributed by atoms with E-state index in [1.54, 1.807) is 39.0 Å². The number of carbonyl (C=O) groups is 3. The second-order valence-corrected chi connectivity index (χ2v) is 8.08. The Morgan fingerprint density at radius 2 is 1.74 bits per heavy atom. The van der Waals surface area contributed by atoms with Crippen LogP contribution in [0.2, 0.25) is 0 Å². The largest absolute Gasteiger partial charge is 0.459 e. The van der Waals surface area contributed by atoms with Gasteiger partial charge in [0.1, 0.15) is 22.9 Å². The molecule has 0 aliphatic heterocycles. The van der Waals surface area contributed by atoms with Gasteiger partial charge in [-0.3, -0.25) is 0 Å². The third-order valence-electron chi connectivity index (χ3n) is 3.83. The number of rotatable bonds is 8. The van der Waals surface area contributed by atoms with E-state index in [0.29, 0.717) is 4.64 Å². The maximum atomic E-state index is 12.6. The molecule has 1 N–H and O–H groups in total. The minimum Gasteiger partial charge on any atom is -0.459 e. The molecule has 0 radical (unpaired) electrons. The van der Waals surface area contributed by atoms with Crippen LogP contribution in [0.15, 0.2) is 54.7 Å². The summed E-state index contributed by atoms with van der Waals surface area (Å²) in [5.74, 6) is -1.30. The average molecular weight is 447 g/mol. The van der Waals surface area contributed by atoms with Crippen LogP contribution < -0.4 is 10.2 Å². The number of esters is 1. The lowest BCUT2D eigenvalue weighted by atomic mass is 10.1. The van der Waals surface area contributed by atoms with Crippen molar-refractivity contribution in [1.82, 2.24) is 10.0 Å². The SMILES string of the molecule is CC(C)(C)OC(=O)N[C@@H](CCC(=O)On1ccccc1=S)C(=O)OCc1ccccc1. The van der Waals surface area contributed by atoms with Crippen LogP contribution in [-0.2, 0) is 25.7 Å². The lowest BCUT2D eigenvalue weighted by molar-refractivity contribution is -0.148. The quantitative estimate of drug-likeness (QED) is 0.489. The molecule has 9 heteroatoms. The zero-order valence-corrected chi connectivity index (χ0v) is 18.5. The van der Waals surface area contributed by atoms with Crippen LogP contribution in [-0.4, -0.2) is 34.4 Å². The number of nitrogens with one attached hydrogen (secondary N) is 1. The van der Waals surface area contributed by atoms with E-state index in [-0.39, 0.29) is 19.4 Å². The number of hydrogen-bond donors (Lipinski definition) is 1. The molecule has 2 aromatic rings. The Labute approximate surface area is 186 Å². The summed E-state index contributed by atoms with van der Waals surface area (Å²) in [5.41, 5.74) is 0.0513. The Morgan fingerprint density at radius 1 is 1.06 bits per heavy atom. The molecule has 0 aliphatic carbocycles. The van der Waals surface area contributed by atoms with Gasteiger partial charge in [-0.1, -0.05) is 48.6 Å². The summed E-state index contributed by atoms with van der Waals surface area (Å²) in [6, 6.07) is 13.0. The van der Waals surface area contributed by atoms with Crippen molar-refractivity contribution in [3.63, 3.8) is 0 Å². The van der Waals surface area contributed by atoms with Crippen molar-refractivity contribution in [2.24, 2.45) is 0 Å². The Morgan fingerprint density at radius 3 is 2.39 bits per heavy atom. The Bertz CT molecular complexity index is 952. The summed E-state index contributed by atoms with van der Waals surface area (Å²) in [6.45, 7) is 5.15. The van der Waals surface area contributed by atoms with Gasteiger partial charge in [0.2, 0.25) is 0 Å². The molecule has 8 nitrogen and oxygen atoms in total. The van der Waals surface area contributed by atoms with Crippen LogP contribution in [0.5, 0.6) is 0 Å². The van der Waals surface area contributed by atoms with Gasteiger partial charge in [-0.05, 0) is 44.9 Å². The number of carbonyl (C=O) groups excluding carboxylic acids is 3. The summed E-state index contributed by atoms with van der Waals surface area (Å²) in [7, 11) is 0. The first kappa shape index (κ1) is 24.1. The lowest BCUT2D eigenvalue weighted by Crippen LogP contribution is -2.44. The maximum absolute atomic E-state index is 12.6. The zero-order chi connectivity index (χ0) is 22.9. The normalized spacial score (nSPS) is 11.8. The number of aromatic nitrogens is 1. The maximum Gasteiger partial charge on any atom is 0.408 e. The fourth-order valence-corrected chi connectivity index (χ4v) is 2.61. The van der Waals surface area contributed by atoms with E-state index in [2.05, 4.69) is 5.32 Å². The molecule has 1 atom stereocenters. The number of nitrogens with zero attached hydrogens (tertiary/aromatic N) is 1. The predicted molar refractivity (Wildman–Crippen MR) is 115 cm³/mol. The van der Waals surface area contributed by atoms with Crippen molar-refractivity contribution in [3.05, 3.63) is 64.9 Å². The number of pyridine rings is 1. The van der Waals surface area contributed by atoms with Crippen LogP contribution >= 0.6 is 12.2 Å². The number of benzene rings is 1. The zero-order valence-electron chi connectivity index (χ0n) is 17.7. The molecule has 0 saturated carbocycles. The van der Waals surface area contributed by atoms with E-state index in [1.165, 1.54) is 6.20 Å². The standard InChI is InChI=1S/C22H26N2O6S/c1-22(2,3)29-21(27)23-17(20(26)28-15-16-9-5-4-6-10-16)12-13-19(25)30-24-14-8-7-11-18(24)31/h4-11,14,17H,12-13,15H2,1-3H3,(H,23,27)/t17-/m0/s1. The first-order chi connectivity index (χ1) is 14.6. The van der Waals surface area contributed by atoms with Crippen molar-refractivity contribution < 1.29 is 28.7 Å². The topological polar surface area (TPSA) is 95.9 Å². The summed E-state index contributed by atoms with van der Waals surface area (Å²) >= 11 is 5.07. The van der Waals surface area contributed by atoms with Gasteiger partial charge in [0, 0.05) is 6.20 Å². The van der Waals surface area contributed by atoms with E-state index in [1.807, 2.05) is 30.3 Å². The van der Waals surface area contributed by atoms with Crippen LogP contribution in [0.3, 0.4) is 0 Å². The monoisotopic (exact) mass is 446 g/mol. The van der Waals surface area contributed by atoms with Gasteiger partial charge in [0.15, 0.2) is 0 Å². The van der Waals surface area contributed by atoms with Crippen LogP contribution in [0, 0.1) is 4.64 Å². The fourth-order valence-electron chi connectivity index (χ4n) is 2.43. The molecule has 1 heterocycles. The minimum atomic E-state index is -1.09. The number of hydrogen-bond acceptors (Lipinski definition) is 7. The Hall–Kier alpha value is -3.20. The summed E-state index contributed by atoms with van der Waals surface area (Å²) in [6.07, 6.45) is 0.529. The Kier molecular flexibility index (Phi) is 8.75. The first-order valence-corrected chi connectivity index (χ1v) is 10.1. The molecule has 1 amide bonds. The number of ether oxygens (including phenoxy) is 2. The lowest BCUT2D eigenvalue weighted by Gasteiger charge is -2.23. The smallest absolute Gasteiger partial charge is 0.408 e. The molecule has 1 aromatic heterocycles. The highest BCUT2D eigenvalue weighted by molar-refractivity contribution is 7.71. The second-order valence-electron chi connectivity index (χ2n) is 7.66. The Balaban J connectivity index is 1.99. The summed E-state index contributed by atoms with van der Waals surface area (Å²) in [5, 5.41) is 2.47. The third kappa shape index (κ3) is 9.00. The van der Waals surface area contributed by atoms with E-state index in [4.69, 9.17) is 26.5 Å². The second kappa shape index (κ2) is 11.3. The predicted octanol–water partition coefficient (Wildman–Crippen LogP) is 3.59. The van der Waals surface area contributed by atoms with Crippen molar-refractivity contribution in [1.29, 1.82) is 0 Å². The van der Waals surface area contributed by atoms with E-state index in [9.17, 15) is 14.4 Å². The van der Waals surface area contributed by atoms with Crippen molar-refractivity contribution >= 4 is 30.2 Å². The molecular weight excluding hydrogens is 420 g/mol. The minimum absolute atomic E-state index is 0.0359. The van der Waals surface area contributed by atoms with E-state index in [0.717, 1.165) is 10.3 Å². The van der Waals surface area contributed by atoms with Crippen LogP contribution in [0.25, 0.3) is 0 Å². The third-order valence-corrected chi connectivity index (χ3v) is 4.14. The van der Waals surface area contributed by atoms with Crippen LogP contribution in [0.4, 0.5) is 4.79 Å². The molecule has 0 aliphatic rings. The number of amides is 1. The van der Waals surface area contributed by atoms with Crippen molar-refractivity contribution in [2.75, 3.05) is 0 Å². The summed E-state index contributed by atoms with van der Waals surface area (Å²) < 4.78 is 12.0. The van der Waals surface area contributed by atoms with Crippen LogP contribution in [0.1, 0.15) is 39.2 Å². The fraction of sp³-hybridized carbons (Fsp3) is 0.364. The van der Waals surface area contributed by atoms with Gasteiger partial charge in [-0.25, -0.2) is 14.4 Å². The van der Waals surface area contributed by atoms with Gasteiger partial charge >= 0.3 is 18.0 Å². The van der Waals surface area contributed by atoms with Gasteiger partial charge in [0.25, 0.3) is 0 Å². The van der Waals surface area contributed by atoms with Crippen molar-refractivity contribution in [2.45, 2.75) is 51.9 Å². The molecule has 0 saturated heterocycles. The molecule has 0 spiro atoms. The van der Waals surface area contributed by atoms with Crippen molar-refractivity contribution in [3.8, 4) is 0 Å². The van der Waals surface area contributed by atoms with E-state index >= 15 is 0 Å². The average Bonchev–Trinajstić information content (AvgIpc) is 2.70. The number of alkyl carbamates (subject to hydrolysis) is 1. The van der Waals surface area contributed by atoms with Gasteiger partial charge in [-0.2, -0.15) is 4.73 Å².